The largest absolute Gasteiger partial charge is 0.449 e. The van der Waals surface area contributed by atoms with E-state index >= 15 is 0 Å². The monoisotopic (exact) mass is 332 g/mol. The molecule has 1 atom stereocenters. The first kappa shape index (κ1) is 16.4. The molecule has 24 heavy (non-hydrogen) atoms. The SMILES string of the molecule is CCCCOC(=O)N1CC[C@H](Nc2ncc3cc(F)ccc3n2)C1. The molecule has 0 spiro atoms. The Hall–Kier alpha value is -2.44. The van der Waals surface area contributed by atoms with E-state index in [4.69, 9.17) is 4.74 Å². The van der Waals surface area contributed by atoms with Crippen molar-refractivity contribution in [2.75, 3.05) is 25.0 Å². The second-order valence-corrected chi connectivity index (χ2v) is 5.94. The van der Waals surface area contributed by atoms with Crippen LogP contribution >= 0.6 is 0 Å². The van der Waals surface area contributed by atoms with Crippen molar-refractivity contribution >= 4 is 22.9 Å². The van der Waals surface area contributed by atoms with Crippen molar-refractivity contribution in [1.29, 1.82) is 0 Å². The molecule has 0 aliphatic carbocycles. The number of rotatable bonds is 5. The third-order valence-corrected chi connectivity index (χ3v) is 4.04. The number of amides is 1. The standard InChI is InChI=1S/C17H21FN4O2/c1-2-3-8-24-17(23)22-7-6-14(11-22)20-16-19-10-12-9-13(18)4-5-15(12)21-16/h4-5,9-10,14H,2-3,6-8,11H2,1H3,(H,19,20,21)/t14-/m0/s1. The highest BCUT2D eigenvalue weighted by Crippen LogP contribution is 2.17. The molecular formula is C17H21FN4O2. The maximum atomic E-state index is 13.2. The third kappa shape index (κ3) is 3.90. The van der Waals surface area contributed by atoms with Crippen LogP contribution in [0.4, 0.5) is 15.1 Å². The highest BCUT2D eigenvalue weighted by molar-refractivity contribution is 5.78. The molecule has 1 fully saturated rings. The molecule has 1 amide bonds. The van der Waals surface area contributed by atoms with E-state index in [1.165, 1.54) is 12.1 Å². The zero-order chi connectivity index (χ0) is 16.9. The molecule has 0 unspecified atom stereocenters. The highest BCUT2D eigenvalue weighted by atomic mass is 19.1. The number of nitrogens with zero attached hydrogens (tertiary/aromatic N) is 3. The van der Waals surface area contributed by atoms with Crippen LogP contribution in [0.15, 0.2) is 24.4 Å². The van der Waals surface area contributed by atoms with E-state index < -0.39 is 0 Å². The summed E-state index contributed by atoms with van der Waals surface area (Å²) in [6.45, 7) is 3.74. The minimum Gasteiger partial charge on any atom is -0.449 e. The molecule has 0 bridgehead atoms. The zero-order valence-corrected chi connectivity index (χ0v) is 13.7. The van der Waals surface area contributed by atoms with Crippen molar-refractivity contribution in [2.45, 2.75) is 32.2 Å². The van der Waals surface area contributed by atoms with Crippen LogP contribution in [0.2, 0.25) is 0 Å². The predicted molar refractivity (Wildman–Crippen MR) is 89.4 cm³/mol. The van der Waals surface area contributed by atoms with Crippen LogP contribution in [0.3, 0.4) is 0 Å². The summed E-state index contributed by atoms with van der Waals surface area (Å²) in [5.74, 6) is 0.181. The quantitative estimate of drug-likeness (QED) is 0.852. The molecule has 1 aliphatic heterocycles. The fourth-order valence-electron chi connectivity index (χ4n) is 2.70. The Balaban J connectivity index is 1.57. The normalized spacial score (nSPS) is 17.2. The van der Waals surface area contributed by atoms with Crippen LogP contribution in [0.1, 0.15) is 26.2 Å². The number of anilines is 1. The summed E-state index contributed by atoms with van der Waals surface area (Å²) in [6, 6.07) is 4.50. The Morgan fingerprint density at radius 3 is 3.21 bits per heavy atom. The smallest absolute Gasteiger partial charge is 0.409 e. The molecule has 1 N–H and O–H groups in total. The Morgan fingerprint density at radius 2 is 2.38 bits per heavy atom. The first-order chi connectivity index (χ1) is 11.7. The molecule has 1 aromatic carbocycles. The molecule has 2 aromatic rings. The van der Waals surface area contributed by atoms with E-state index in [9.17, 15) is 9.18 Å². The van der Waals surface area contributed by atoms with Gasteiger partial charge in [-0.3, -0.25) is 0 Å². The number of benzene rings is 1. The topological polar surface area (TPSA) is 67.3 Å². The van der Waals surface area contributed by atoms with E-state index in [0.29, 0.717) is 36.5 Å². The fraction of sp³-hybridized carbons (Fsp3) is 0.471. The lowest BCUT2D eigenvalue weighted by Gasteiger charge is -2.17. The third-order valence-electron chi connectivity index (χ3n) is 4.04. The average Bonchev–Trinajstić information content (AvgIpc) is 3.04. The lowest BCUT2D eigenvalue weighted by atomic mass is 10.2. The number of aromatic nitrogens is 2. The van der Waals surface area contributed by atoms with Gasteiger partial charge in [0.1, 0.15) is 5.82 Å². The molecule has 3 rings (SSSR count). The van der Waals surface area contributed by atoms with Gasteiger partial charge in [0, 0.05) is 30.7 Å². The van der Waals surface area contributed by atoms with E-state index in [1.54, 1.807) is 17.2 Å². The van der Waals surface area contributed by atoms with Gasteiger partial charge in [0.25, 0.3) is 0 Å². The lowest BCUT2D eigenvalue weighted by molar-refractivity contribution is 0.109. The number of ether oxygens (including phenoxy) is 1. The number of carbonyl (C=O) groups excluding carboxylic acids is 1. The Labute approximate surface area is 140 Å². The second kappa shape index (κ2) is 7.42. The average molecular weight is 332 g/mol. The van der Waals surface area contributed by atoms with Crippen LogP contribution in [0.5, 0.6) is 0 Å². The summed E-state index contributed by atoms with van der Waals surface area (Å²) < 4.78 is 18.4. The molecule has 0 radical (unpaired) electrons. The Morgan fingerprint density at radius 1 is 1.50 bits per heavy atom. The summed E-state index contributed by atoms with van der Waals surface area (Å²) in [6.07, 6.45) is 4.03. The summed E-state index contributed by atoms with van der Waals surface area (Å²) in [5, 5.41) is 3.89. The van der Waals surface area contributed by atoms with Gasteiger partial charge in [-0.1, -0.05) is 13.3 Å². The van der Waals surface area contributed by atoms with Crippen LogP contribution in [0.25, 0.3) is 10.9 Å². The van der Waals surface area contributed by atoms with Gasteiger partial charge in [-0.2, -0.15) is 0 Å². The maximum absolute atomic E-state index is 13.2. The van der Waals surface area contributed by atoms with Crippen molar-refractivity contribution in [1.82, 2.24) is 14.9 Å². The highest BCUT2D eigenvalue weighted by Gasteiger charge is 2.27. The Kier molecular flexibility index (Phi) is 5.08. The van der Waals surface area contributed by atoms with Crippen LogP contribution in [-0.2, 0) is 4.74 Å². The first-order valence-corrected chi connectivity index (χ1v) is 8.26. The Bertz CT molecular complexity index is 725. The predicted octanol–water partition coefficient (Wildman–Crippen LogP) is 3.19. The molecule has 128 valence electrons. The van der Waals surface area contributed by atoms with E-state index in [1.807, 2.05) is 0 Å². The maximum Gasteiger partial charge on any atom is 0.409 e. The molecule has 1 aliphatic rings. The number of nitrogens with one attached hydrogen (secondary N) is 1. The summed E-state index contributed by atoms with van der Waals surface area (Å²) >= 11 is 0. The molecule has 1 aromatic heterocycles. The first-order valence-electron chi connectivity index (χ1n) is 8.26. The number of likely N-dealkylation sites (tertiary alicyclic amines) is 1. The van der Waals surface area contributed by atoms with Gasteiger partial charge < -0.3 is 15.0 Å². The van der Waals surface area contributed by atoms with E-state index in [0.717, 1.165) is 19.3 Å². The van der Waals surface area contributed by atoms with Gasteiger partial charge >= 0.3 is 6.09 Å². The zero-order valence-electron chi connectivity index (χ0n) is 13.7. The molecule has 1 saturated heterocycles. The minimum atomic E-state index is -0.306. The van der Waals surface area contributed by atoms with Gasteiger partial charge in [-0.15, -0.1) is 0 Å². The van der Waals surface area contributed by atoms with Gasteiger partial charge in [0.2, 0.25) is 5.95 Å². The second-order valence-electron chi connectivity index (χ2n) is 5.94. The van der Waals surface area contributed by atoms with Crippen molar-refractivity contribution in [2.24, 2.45) is 0 Å². The van der Waals surface area contributed by atoms with E-state index in [2.05, 4.69) is 22.2 Å². The number of hydrogen-bond donors (Lipinski definition) is 1. The number of halogens is 1. The molecule has 2 heterocycles. The molecule has 0 saturated carbocycles. The summed E-state index contributed by atoms with van der Waals surface area (Å²) in [5.41, 5.74) is 0.683. The number of carbonyl (C=O) groups is 1. The number of hydrogen-bond acceptors (Lipinski definition) is 5. The number of fused-ring (bicyclic) bond motifs is 1. The lowest BCUT2D eigenvalue weighted by Crippen LogP contribution is -2.32. The van der Waals surface area contributed by atoms with Gasteiger partial charge in [0.05, 0.1) is 12.1 Å². The number of unbranched alkanes of at least 4 members (excludes halogenated alkanes) is 1. The van der Waals surface area contributed by atoms with Crippen LogP contribution in [0, 0.1) is 5.82 Å². The summed E-state index contributed by atoms with van der Waals surface area (Å²) in [4.78, 5) is 22.2. The van der Waals surface area contributed by atoms with Crippen LogP contribution < -0.4 is 5.32 Å². The van der Waals surface area contributed by atoms with Crippen molar-refractivity contribution in [3.63, 3.8) is 0 Å². The van der Waals surface area contributed by atoms with Gasteiger partial charge in [-0.25, -0.2) is 19.2 Å². The minimum absolute atomic E-state index is 0.0848. The molecular weight excluding hydrogens is 311 g/mol. The van der Waals surface area contributed by atoms with Gasteiger partial charge in [-0.05, 0) is 31.0 Å². The van der Waals surface area contributed by atoms with Crippen LogP contribution in [-0.4, -0.2) is 46.7 Å². The van der Waals surface area contributed by atoms with Gasteiger partial charge in [0.15, 0.2) is 0 Å². The van der Waals surface area contributed by atoms with Crippen molar-refractivity contribution in [3.8, 4) is 0 Å². The van der Waals surface area contributed by atoms with Crippen molar-refractivity contribution in [3.05, 3.63) is 30.2 Å². The fourth-order valence-corrected chi connectivity index (χ4v) is 2.70. The summed E-state index contributed by atoms with van der Waals surface area (Å²) in [7, 11) is 0. The molecule has 6 nitrogen and oxygen atoms in total. The van der Waals surface area contributed by atoms with Crippen molar-refractivity contribution < 1.29 is 13.9 Å². The molecule has 7 heteroatoms. The van der Waals surface area contributed by atoms with E-state index in [-0.39, 0.29) is 18.0 Å².